The van der Waals surface area contributed by atoms with E-state index >= 15 is 0 Å². The van der Waals surface area contributed by atoms with Gasteiger partial charge in [0.1, 0.15) is 5.75 Å². The van der Waals surface area contributed by atoms with Crippen molar-refractivity contribution in [1.82, 2.24) is 0 Å². The zero-order valence-corrected chi connectivity index (χ0v) is 10.1. The number of alkyl halides is 4. The minimum Gasteiger partial charge on any atom is -0.428 e. The van der Waals surface area contributed by atoms with Crippen molar-refractivity contribution < 1.29 is 22.3 Å². The number of thiol groups is 1. The summed E-state index contributed by atoms with van der Waals surface area (Å²) in [5.74, 6) is 5.66. The molecule has 6 heteroatoms. The van der Waals surface area contributed by atoms with Crippen molar-refractivity contribution in [2.24, 2.45) is 0 Å². The number of hydrogen-bond acceptors (Lipinski definition) is 2. The van der Waals surface area contributed by atoms with E-state index in [1.54, 1.807) is 6.07 Å². The van der Waals surface area contributed by atoms with Crippen LogP contribution in [0.15, 0.2) is 24.3 Å². The molecule has 0 saturated carbocycles. The Kier molecular flexibility index (Phi) is 5.35. The van der Waals surface area contributed by atoms with E-state index in [1.807, 2.05) is 0 Å². The molecule has 1 nitrogen and oxygen atoms in total. The zero-order chi connectivity index (χ0) is 13.6. The van der Waals surface area contributed by atoms with Crippen LogP contribution < -0.4 is 4.74 Å². The van der Waals surface area contributed by atoms with E-state index in [-0.39, 0.29) is 5.75 Å². The summed E-state index contributed by atoms with van der Waals surface area (Å²) in [6.07, 6.45) is -7.84. The van der Waals surface area contributed by atoms with Crippen LogP contribution in [0.25, 0.3) is 0 Å². The molecule has 0 heterocycles. The highest BCUT2D eigenvalue weighted by Gasteiger charge is 2.43. The molecule has 1 rings (SSSR count). The molecule has 0 atom stereocenters. The van der Waals surface area contributed by atoms with Crippen molar-refractivity contribution in [2.75, 3.05) is 5.75 Å². The van der Waals surface area contributed by atoms with E-state index in [0.717, 1.165) is 0 Å². The van der Waals surface area contributed by atoms with Gasteiger partial charge in [-0.1, -0.05) is 17.9 Å². The highest BCUT2D eigenvalue weighted by atomic mass is 32.1. The first-order valence-corrected chi connectivity index (χ1v) is 5.63. The van der Waals surface area contributed by atoms with Gasteiger partial charge in [0.15, 0.2) is 0 Å². The van der Waals surface area contributed by atoms with E-state index < -0.39 is 12.5 Å². The fourth-order valence-corrected chi connectivity index (χ4v) is 1.17. The van der Waals surface area contributed by atoms with E-state index in [1.165, 1.54) is 18.2 Å². The molecule has 1 aromatic rings. The molecule has 0 amide bonds. The lowest BCUT2D eigenvalue weighted by Crippen LogP contribution is -2.33. The van der Waals surface area contributed by atoms with Crippen LogP contribution in [0, 0.1) is 11.8 Å². The van der Waals surface area contributed by atoms with Crippen molar-refractivity contribution in [1.29, 1.82) is 0 Å². The topological polar surface area (TPSA) is 9.23 Å². The normalized spacial score (nSPS) is 11.0. The minimum absolute atomic E-state index is 0.349. The van der Waals surface area contributed by atoms with Crippen molar-refractivity contribution in [2.45, 2.75) is 19.0 Å². The summed E-state index contributed by atoms with van der Waals surface area (Å²) in [7, 11) is 0. The molecule has 0 unspecified atom stereocenters. The van der Waals surface area contributed by atoms with Crippen LogP contribution in [-0.2, 0) is 0 Å². The first-order valence-electron chi connectivity index (χ1n) is 5.00. The fraction of sp³-hybridized carbons (Fsp3) is 0.333. The summed E-state index contributed by atoms with van der Waals surface area (Å²) in [4.78, 5) is 0. The van der Waals surface area contributed by atoms with E-state index in [2.05, 4.69) is 29.2 Å². The number of benzene rings is 1. The summed E-state index contributed by atoms with van der Waals surface area (Å²) in [5.41, 5.74) is 0.416. The van der Waals surface area contributed by atoms with Gasteiger partial charge in [-0.2, -0.15) is 30.2 Å². The summed E-state index contributed by atoms with van der Waals surface area (Å²) < 4.78 is 53.1. The second-order valence-electron chi connectivity index (χ2n) is 3.27. The molecular formula is C12H10F4OS. The molecular weight excluding hydrogens is 268 g/mol. The first kappa shape index (κ1) is 14.7. The van der Waals surface area contributed by atoms with Gasteiger partial charge < -0.3 is 4.74 Å². The van der Waals surface area contributed by atoms with Gasteiger partial charge in [0.05, 0.1) is 0 Å². The van der Waals surface area contributed by atoms with Crippen LogP contribution in [0.2, 0.25) is 0 Å². The van der Waals surface area contributed by atoms with Crippen molar-refractivity contribution in [3.63, 3.8) is 0 Å². The predicted octanol–water partition coefficient (Wildman–Crippen LogP) is 3.59. The average Bonchev–Trinajstić information content (AvgIpc) is 2.29. The van der Waals surface area contributed by atoms with Gasteiger partial charge >= 0.3 is 12.5 Å². The van der Waals surface area contributed by atoms with E-state index in [9.17, 15) is 17.6 Å². The van der Waals surface area contributed by atoms with Crippen LogP contribution in [-0.4, -0.2) is 18.3 Å². The lowest BCUT2D eigenvalue weighted by atomic mass is 10.2. The van der Waals surface area contributed by atoms with E-state index in [4.69, 9.17) is 0 Å². The smallest absolute Gasteiger partial charge is 0.428 e. The Hall–Kier alpha value is -1.35. The quantitative estimate of drug-likeness (QED) is 0.503. The Morgan fingerprint density at radius 3 is 2.67 bits per heavy atom. The van der Waals surface area contributed by atoms with Crippen LogP contribution in [0.3, 0.4) is 0 Å². The van der Waals surface area contributed by atoms with Gasteiger partial charge in [0, 0.05) is 17.7 Å². The molecule has 0 radical (unpaired) electrons. The Bertz CT molecular complexity index is 451. The Morgan fingerprint density at radius 2 is 2.06 bits per heavy atom. The molecule has 0 aliphatic carbocycles. The molecule has 0 N–H and O–H groups in total. The third-order valence-electron chi connectivity index (χ3n) is 1.81. The lowest BCUT2D eigenvalue weighted by Gasteiger charge is -2.16. The summed E-state index contributed by atoms with van der Waals surface area (Å²) in [5, 5.41) is 0. The Morgan fingerprint density at radius 1 is 1.33 bits per heavy atom. The monoisotopic (exact) mass is 278 g/mol. The molecule has 1 aromatic carbocycles. The molecule has 0 aromatic heterocycles. The molecule has 0 spiro atoms. The maximum atomic E-state index is 12.7. The van der Waals surface area contributed by atoms with Gasteiger partial charge in [-0.3, -0.25) is 0 Å². The van der Waals surface area contributed by atoms with Crippen LogP contribution in [0.5, 0.6) is 5.75 Å². The van der Waals surface area contributed by atoms with Crippen molar-refractivity contribution >= 4 is 12.6 Å². The van der Waals surface area contributed by atoms with Gasteiger partial charge in [-0.15, -0.1) is 0 Å². The molecule has 0 aliphatic rings. The van der Waals surface area contributed by atoms with Crippen molar-refractivity contribution in [3.05, 3.63) is 29.8 Å². The maximum absolute atomic E-state index is 12.7. The number of rotatable bonds is 4. The Labute approximate surface area is 108 Å². The number of halogens is 4. The minimum atomic E-state index is -4.50. The number of hydrogen-bond donors (Lipinski definition) is 1. The van der Waals surface area contributed by atoms with Crippen LogP contribution in [0.1, 0.15) is 12.0 Å². The molecule has 98 valence electrons. The molecule has 0 bridgehead atoms. The highest BCUT2D eigenvalue weighted by Crippen LogP contribution is 2.27. The van der Waals surface area contributed by atoms with E-state index in [0.29, 0.717) is 17.7 Å². The van der Waals surface area contributed by atoms with Crippen LogP contribution >= 0.6 is 12.6 Å². The second kappa shape index (κ2) is 6.55. The lowest BCUT2D eigenvalue weighted by molar-refractivity contribution is -0.253. The average molecular weight is 278 g/mol. The molecule has 0 aliphatic heterocycles. The number of ether oxygens (including phenoxy) is 1. The standard InChI is InChI=1S/C12H10F4OS/c13-11(14)12(15,16)17-10-6-3-5-9(8-10)4-1-2-7-18/h3,5-6,8,11,18H,2,7H2. The fourth-order valence-electron chi connectivity index (χ4n) is 1.06. The molecule has 0 fully saturated rings. The third-order valence-corrected chi connectivity index (χ3v) is 2.04. The summed E-state index contributed by atoms with van der Waals surface area (Å²) >= 11 is 3.96. The molecule has 0 saturated heterocycles. The summed E-state index contributed by atoms with van der Waals surface area (Å²) in [6.45, 7) is 0. The van der Waals surface area contributed by atoms with Crippen LogP contribution in [0.4, 0.5) is 17.6 Å². The predicted molar refractivity (Wildman–Crippen MR) is 63.4 cm³/mol. The Balaban J connectivity index is 2.81. The zero-order valence-electron chi connectivity index (χ0n) is 9.17. The SMILES string of the molecule is FC(F)C(F)(F)Oc1cccc(C#CCCS)c1. The third kappa shape index (κ3) is 4.49. The van der Waals surface area contributed by atoms with Crippen molar-refractivity contribution in [3.8, 4) is 17.6 Å². The van der Waals surface area contributed by atoms with Gasteiger partial charge in [-0.25, -0.2) is 0 Å². The highest BCUT2D eigenvalue weighted by molar-refractivity contribution is 7.80. The maximum Gasteiger partial charge on any atom is 0.461 e. The van der Waals surface area contributed by atoms with Gasteiger partial charge in [0.2, 0.25) is 0 Å². The first-order chi connectivity index (χ1) is 8.45. The van der Waals surface area contributed by atoms with Gasteiger partial charge in [-0.05, 0) is 18.2 Å². The second-order valence-corrected chi connectivity index (χ2v) is 3.71. The molecule has 18 heavy (non-hydrogen) atoms. The van der Waals surface area contributed by atoms with Gasteiger partial charge in [0.25, 0.3) is 0 Å². The summed E-state index contributed by atoms with van der Waals surface area (Å²) in [6, 6.07) is 5.32. The largest absolute Gasteiger partial charge is 0.461 e.